The molecule has 2 saturated heterocycles. The molecule has 6 fully saturated rings. The molecule has 0 radical (unpaired) electrons. The van der Waals surface area contributed by atoms with E-state index in [-0.39, 0.29) is 16.2 Å². The monoisotopic (exact) mass is 1010 g/mol. The molecule has 2 aliphatic heterocycles. The number of esters is 2. The maximum Gasteiger partial charge on any atom is 0.335 e. The van der Waals surface area contributed by atoms with Crippen LogP contribution >= 0.6 is 0 Å². The molecule has 4 saturated carbocycles. The summed E-state index contributed by atoms with van der Waals surface area (Å²) in [4.78, 5) is 38.0. The van der Waals surface area contributed by atoms with Crippen LogP contribution in [0.25, 0.3) is 0 Å². The molecule has 9 N–H and O–H groups in total. The summed E-state index contributed by atoms with van der Waals surface area (Å²) in [6.07, 6.45) is -7.12. The molecule has 71 heavy (non-hydrogen) atoms. The van der Waals surface area contributed by atoms with Crippen molar-refractivity contribution in [2.75, 3.05) is 20.3 Å². The van der Waals surface area contributed by atoms with E-state index in [4.69, 9.17) is 38.6 Å². The third kappa shape index (κ3) is 9.08. The van der Waals surface area contributed by atoms with E-state index in [1.54, 1.807) is 39.8 Å². The van der Waals surface area contributed by atoms with Gasteiger partial charge in [0.1, 0.15) is 42.7 Å². The Labute approximate surface area is 418 Å². The average molecular weight is 1010 g/mol. The Balaban J connectivity index is 0.000000300. The van der Waals surface area contributed by atoms with Crippen molar-refractivity contribution in [2.24, 2.45) is 56.2 Å². The molecule has 7 aliphatic rings. The molecule has 0 aromatic carbocycles. The van der Waals surface area contributed by atoms with Crippen LogP contribution in [0.4, 0.5) is 0 Å². The first-order chi connectivity index (χ1) is 33.0. The minimum Gasteiger partial charge on any atom is -0.479 e. The molecule has 0 aromatic heterocycles. The number of carbonyl (C=O) groups excluding carboxylic acids is 2. The summed E-state index contributed by atoms with van der Waals surface area (Å²) >= 11 is 0. The zero-order valence-electron chi connectivity index (χ0n) is 43.9. The van der Waals surface area contributed by atoms with Crippen molar-refractivity contribution in [3.8, 4) is 0 Å². The number of ether oxygens (including phenoxy) is 6. The Bertz CT molecular complexity index is 2070. The van der Waals surface area contributed by atoms with Crippen LogP contribution in [0.1, 0.15) is 122 Å². The lowest BCUT2D eigenvalue weighted by Gasteiger charge is -2.73. The number of hydrogen-bond donors (Lipinski definition) is 9. The lowest BCUT2D eigenvalue weighted by Crippen LogP contribution is -2.76. The summed E-state index contributed by atoms with van der Waals surface area (Å²) < 4.78 is 32.5. The van der Waals surface area contributed by atoms with Gasteiger partial charge in [0, 0.05) is 29.1 Å². The SMILES string of the molecule is C/C=C(/C)C(=O)O[C@H]1[C@H](OC(=O)/C(C)=C\C)[C@@]2(CO)C(CC1(C)C)C1=CCC3[C@@]4(C)CC[C@H](C)C(C)(C)C4CC[C@@]3(C)[C@]1(C)[C@@H](O)[C@H]2O.CO[C@@H]1OC(C(=O)O)[C@@H](O)[C@@H](O[C@@H]2O[C@@H](CO)C(O)[C@@H]2O)C1O. The standard InChI is InChI=1S/C41H64O7.C12H20O11/c1-13-23(3)34(45)47-32-33(48-35(46)24(4)14-2)41(22-42)27(21-36(32,6)7)26-15-16-29-38(10)19-17-25(5)37(8,9)28(38)18-20-39(29,11)40(26,12)30(43)31(41)44;1-20-11-7(17)8(6(16)9(23-11)10(18)19)22-12-5(15)4(14)3(2-13)21-12/h13-15,25,27-33,42-44H,16-22H2,1-12H3;3-9,11-17H,2H2,1H3,(H,18,19)/b23-13-,24-14-;/t25-,27?,28?,29?,30-,31+,32-,33-,38-,39+,40-,41-;3-,4?,5-,6-,7?,8+,9?,11+,12-/m00/s1. The second-order valence-corrected chi connectivity index (χ2v) is 23.7. The van der Waals surface area contributed by atoms with Gasteiger partial charge in [-0.1, -0.05) is 79.2 Å². The molecule has 5 aliphatic carbocycles. The van der Waals surface area contributed by atoms with Gasteiger partial charge in [-0.15, -0.1) is 0 Å². The molecule has 7 rings (SSSR count). The van der Waals surface area contributed by atoms with Crippen LogP contribution in [0.5, 0.6) is 0 Å². The number of carbonyl (C=O) groups is 3. The van der Waals surface area contributed by atoms with Gasteiger partial charge >= 0.3 is 17.9 Å². The smallest absolute Gasteiger partial charge is 0.335 e. The number of carboxylic acids is 1. The number of rotatable bonds is 10. The number of aliphatic hydroxyl groups excluding tert-OH is 8. The second kappa shape index (κ2) is 20.7. The Hall–Kier alpha value is -2.85. The predicted molar refractivity (Wildman–Crippen MR) is 255 cm³/mol. The highest BCUT2D eigenvalue weighted by Gasteiger charge is 2.76. The second-order valence-electron chi connectivity index (χ2n) is 23.7. The number of hydrogen-bond acceptors (Lipinski definition) is 17. The first-order valence-corrected chi connectivity index (χ1v) is 25.4. The van der Waals surface area contributed by atoms with E-state index in [2.05, 4.69) is 47.6 Å². The van der Waals surface area contributed by atoms with Crippen molar-refractivity contribution >= 4 is 17.9 Å². The largest absolute Gasteiger partial charge is 0.479 e. The van der Waals surface area contributed by atoms with Gasteiger partial charge in [0.2, 0.25) is 0 Å². The summed E-state index contributed by atoms with van der Waals surface area (Å²) in [5, 5.41) is 94.3. The van der Waals surface area contributed by atoms with Crippen LogP contribution in [0, 0.1) is 56.2 Å². The van der Waals surface area contributed by atoms with E-state index < -0.39 is 133 Å². The van der Waals surface area contributed by atoms with Gasteiger partial charge < -0.3 is 74.4 Å². The Morgan fingerprint density at radius 3 is 1.87 bits per heavy atom. The van der Waals surface area contributed by atoms with Crippen molar-refractivity contribution in [3.05, 3.63) is 34.9 Å². The van der Waals surface area contributed by atoms with Crippen LogP contribution in [0.15, 0.2) is 34.9 Å². The molecular weight excluding hydrogens is 925 g/mol. The van der Waals surface area contributed by atoms with Crippen LogP contribution in [0.3, 0.4) is 0 Å². The lowest BCUT2D eigenvalue weighted by atomic mass is 9.32. The van der Waals surface area contributed by atoms with E-state index in [0.717, 1.165) is 38.4 Å². The minimum absolute atomic E-state index is 0.0854. The number of fused-ring (bicyclic) bond motifs is 7. The van der Waals surface area contributed by atoms with Crippen LogP contribution in [0.2, 0.25) is 0 Å². The third-order valence-corrected chi connectivity index (χ3v) is 19.8. The van der Waals surface area contributed by atoms with Crippen LogP contribution < -0.4 is 0 Å². The summed E-state index contributed by atoms with van der Waals surface area (Å²) in [6.45, 7) is 24.0. The summed E-state index contributed by atoms with van der Waals surface area (Å²) in [5.74, 6) is -1.54. The predicted octanol–water partition coefficient (Wildman–Crippen LogP) is 3.32. The van der Waals surface area contributed by atoms with Gasteiger partial charge in [-0.2, -0.15) is 0 Å². The highest BCUT2D eigenvalue weighted by molar-refractivity contribution is 5.89. The normalized spacial score (nSPS) is 46.9. The first-order valence-electron chi connectivity index (χ1n) is 25.4. The summed E-state index contributed by atoms with van der Waals surface area (Å²) in [7, 11) is 1.16. The fourth-order valence-corrected chi connectivity index (χ4v) is 14.7. The van der Waals surface area contributed by atoms with Gasteiger partial charge in [-0.05, 0) is 106 Å². The third-order valence-electron chi connectivity index (χ3n) is 19.8. The van der Waals surface area contributed by atoms with E-state index in [1.165, 1.54) is 6.42 Å². The molecule has 18 heteroatoms. The van der Waals surface area contributed by atoms with Gasteiger partial charge in [0.25, 0.3) is 0 Å². The molecule has 0 bridgehead atoms. The molecule has 18 nitrogen and oxygen atoms in total. The van der Waals surface area contributed by atoms with Crippen LogP contribution in [-0.4, -0.2) is 164 Å². The molecule has 0 spiro atoms. The fourth-order valence-electron chi connectivity index (χ4n) is 14.7. The van der Waals surface area contributed by atoms with Gasteiger partial charge in [-0.3, -0.25) is 0 Å². The van der Waals surface area contributed by atoms with Gasteiger partial charge in [0.15, 0.2) is 24.8 Å². The van der Waals surface area contributed by atoms with Crippen molar-refractivity contribution in [1.29, 1.82) is 0 Å². The highest BCUT2D eigenvalue weighted by atomic mass is 16.7. The molecule has 0 amide bonds. The van der Waals surface area contributed by atoms with Gasteiger partial charge in [0.05, 0.1) is 30.8 Å². The zero-order valence-corrected chi connectivity index (χ0v) is 43.9. The molecular formula is C53H84O18. The van der Waals surface area contributed by atoms with E-state index in [1.807, 2.05) is 13.8 Å². The Morgan fingerprint density at radius 1 is 0.761 bits per heavy atom. The van der Waals surface area contributed by atoms with Crippen molar-refractivity contribution in [2.45, 2.75) is 201 Å². The molecule has 6 unspecified atom stereocenters. The van der Waals surface area contributed by atoms with Crippen molar-refractivity contribution in [1.82, 2.24) is 0 Å². The molecule has 21 atom stereocenters. The minimum atomic E-state index is -1.78. The number of aliphatic hydroxyl groups is 8. The quantitative estimate of drug-likeness (QED) is 0.0862. The summed E-state index contributed by atoms with van der Waals surface area (Å²) in [6, 6.07) is 0. The number of aliphatic carboxylic acids is 1. The molecule has 2 heterocycles. The van der Waals surface area contributed by atoms with E-state index in [0.29, 0.717) is 35.3 Å². The van der Waals surface area contributed by atoms with E-state index in [9.17, 15) is 50.1 Å². The zero-order chi connectivity index (χ0) is 53.3. The lowest BCUT2D eigenvalue weighted by molar-refractivity contribution is -0.320. The van der Waals surface area contributed by atoms with Crippen LogP contribution in [-0.2, 0) is 42.8 Å². The average Bonchev–Trinajstić information content (AvgIpc) is 3.59. The van der Waals surface area contributed by atoms with Crippen molar-refractivity contribution in [3.63, 3.8) is 0 Å². The molecule has 404 valence electrons. The fraction of sp³-hybridized carbons (Fsp3) is 0.830. The Kier molecular flexibility index (Phi) is 16.7. The highest BCUT2D eigenvalue weighted by Crippen LogP contribution is 2.76. The number of allylic oxidation sites excluding steroid dienone is 3. The maximum atomic E-state index is 13.5. The summed E-state index contributed by atoms with van der Waals surface area (Å²) in [5.41, 5.74) is -1.16. The Morgan fingerprint density at radius 2 is 1.35 bits per heavy atom. The topological polar surface area (TPSA) is 289 Å². The maximum absolute atomic E-state index is 13.5. The first kappa shape index (κ1) is 57.4. The van der Waals surface area contributed by atoms with E-state index >= 15 is 0 Å². The van der Waals surface area contributed by atoms with Crippen molar-refractivity contribution < 1.29 is 88.8 Å². The molecule has 0 aromatic rings. The van der Waals surface area contributed by atoms with Gasteiger partial charge in [-0.25, -0.2) is 14.4 Å². The number of carboxylic acid groups (broad SMARTS) is 1. The number of methoxy groups -OCH3 is 1.